The van der Waals surface area contributed by atoms with E-state index in [2.05, 4.69) is 26.0 Å². The molecule has 54 heavy (non-hydrogen) atoms. The van der Waals surface area contributed by atoms with Crippen molar-refractivity contribution in [3.8, 4) is 51.3 Å². The maximum atomic E-state index is 16.1. The highest BCUT2D eigenvalue weighted by molar-refractivity contribution is 6.12. The number of nitrogens with zero attached hydrogens (tertiary/aromatic N) is 7. The van der Waals surface area contributed by atoms with E-state index in [0.717, 1.165) is 54.7 Å². The SMILES string of the molecule is N#Cc1cc(-n2c3ccccc3c3ccc(-c4ncccn4)cc32)c(-c2c(F)cccc2F)cc1-n1c2ccccc2c2ccc(-c3ncccn3)cc21. The number of fused-ring (bicyclic) bond motifs is 6. The van der Waals surface area contributed by atoms with Gasteiger partial charge in [-0.3, -0.25) is 0 Å². The molecule has 0 fully saturated rings. The summed E-state index contributed by atoms with van der Waals surface area (Å²) < 4.78 is 36.2. The zero-order chi connectivity index (χ0) is 36.3. The Kier molecular flexibility index (Phi) is 7.10. The van der Waals surface area contributed by atoms with Gasteiger partial charge in [0.1, 0.15) is 17.7 Å². The largest absolute Gasteiger partial charge is 0.309 e. The van der Waals surface area contributed by atoms with Crippen LogP contribution < -0.4 is 0 Å². The van der Waals surface area contributed by atoms with Gasteiger partial charge in [0, 0.05) is 63.0 Å². The molecular weight excluding hydrogens is 677 g/mol. The Bertz CT molecular complexity index is 3120. The Morgan fingerprint density at radius 1 is 0.463 bits per heavy atom. The molecule has 0 radical (unpaired) electrons. The normalized spacial score (nSPS) is 11.5. The first kappa shape index (κ1) is 31.2. The van der Waals surface area contributed by atoms with Crippen molar-refractivity contribution in [2.75, 3.05) is 0 Å². The maximum Gasteiger partial charge on any atom is 0.159 e. The molecule has 0 saturated heterocycles. The minimum Gasteiger partial charge on any atom is -0.309 e. The van der Waals surface area contributed by atoms with E-state index in [1.54, 1.807) is 49.1 Å². The Morgan fingerprint density at radius 2 is 0.944 bits per heavy atom. The van der Waals surface area contributed by atoms with Crippen molar-refractivity contribution < 1.29 is 8.78 Å². The van der Waals surface area contributed by atoms with Crippen LogP contribution in [0.3, 0.4) is 0 Å². The number of aromatic nitrogens is 6. The van der Waals surface area contributed by atoms with Gasteiger partial charge < -0.3 is 9.13 Å². The summed E-state index contributed by atoms with van der Waals surface area (Å²) in [6.45, 7) is 0. The van der Waals surface area contributed by atoms with E-state index in [1.165, 1.54) is 18.2 Å². The second-order valence-electron chi connectivity index (χ2n) is 12.9. The van der Waals surface area contributed by atoms with Crippen LogP contribution in [0.25, 0.3) is 88.9 Å². The van der Waals surface area contributed by atoms with Gasteiger partial charge in [-0.15, -0.1) is 0 Å². The van der Waals surface area contributed by atoms with Crippen molar-refractivity contribution in [1.82, 2.24) is 29.1 Å². The summed E-state index contributed by atoms with van der Waals surface area (Å²) in [6, 6.07) is 41.0. The average molecular weight is 702 g/mol. The van der Waals surface area contributed by atoms with Crippen molar-refractivity contribution in [1.29, 1.82) is 5.26 Å². The highest BCUT2D eigenvalue weighted by Gasteiger charge is 2.25. The smallest absolute Gasteiger partial charge is 0.159 e. The van der Waals surface area contributed by atoms with Crippen LogP contribution in [-0.4, -0.2) is 29.1 Å². The van der Waals surface area contributed by atoms with E-state index in [9.17, 15) is 5.26 Å². The zero-order valence-corrected chi connectivity index (χ0v) is 28.3. The lowest BCUT2D eigenvalue weighted by molar-refractivity contribution is 0.589. The van der Waals surface area contributed by atoms with Gasteiger partial charge in [0.2, 0.25) is 0 Å². The molecule has 9 heteroatoms. The second-order valence-corrected chi connectivity index (χ2v) is 12.9. The van der Waals surface area contributed by atoms with E-state index < -0.39 is 11.6 Å². The van der Waals surface area contributed by atoms with Crippen molar-refractivity contribution in [3.05, 3.63) is 169 Å². The molecule has 10 rings (SSSR count). The molecule has 0 N–H and O–H groups in total. The van der Waals surface area contributed by atoms with E-state index in [-0.39, 0.29) is 11.1 Å². The molecule has 0 aliphatic rings. The molecule has 4 aromatic heterocycles. The van der Waals surface area contributed by atoms with Crippen LogP contribution in [0.4, 0.5) is 8.78 Å². The topological polar surface area (TPSA) is 85.2 Å². The van der Waals surface area contributed by atoms with Gasteiger partial charge in [0.05, 0.1) is 44.6 Å². The summed E-state index contributed by atoms with van der Waals surface area (Å²) in [5, 5.41) is 14.7. The number of hydrogen-bond donors (Lipinski definition) is 0. The Labute approximate surface area is 306 Å². The number of para-hydroxylation sites is 2. The third-order valence-electron chi connectivity index (χ3n) is 9.94. The summed E-state index contributed by atoms with van der Waals surface area (Å²) in [6.07, 6.45) is 6.75. The van der Waals surface area contributed by atoms with Crippen LogP contribution in [0.5, 0.6) is 0 Å². The molecule has 10 aromatic rings. The van der Waals surface area contributed by atoms with E-state index in [1.807, 2.05) is 94.1 Å². The molecular formula is C45H25F2N7. The molecule has 0 unspecified atom stereocenters. The molecule has 0 amide bonds. The van der Waals surface area contributed by atoms with Gasteiger partial charge in [0.15, 0.2) is 11.6 Å². The van der Waals surface area contributed by atoms with Crippen molar-refractivity contribution >= 4 is 43.6 Å². The summed E-state index contributed by atoms with van der Waals surface area (Å²) in [7, 11) is 0. The van der Waals surface area contributed by atoms with Crippen LogP contribution in [0.15, 0.2) is 152 Å². The van der Waals surface area contributed by atoms with Crippen molar-refractivity contribution in [2.24, 2.45) is 0 Å². The molecule has 0 aliphatic heterocycles. The molecule has 254 valence electrons. The van der Waals surface area contributed by atoms with E-state index >= 15 is 8.78 Å². The Hall–Kier alpha value is -7.57. The molecule has 0 atom stereocenters. The predicted octanol–water partition coefficient (Wildman–Crippen LogP) is 10.6. The first-order valence-electron chi connectivity index (χ1n) is 17.2. The highest BCUT2D eigenvalue weighted by atomic mass is 19.1. The molecule has 0 spiro atoms. The molecule has 6 aromatic carbocycles. The average Bonchev–Trinajstić information content (AvgIpc) is 3.73. The first-order chi connectivity index (χ1) is 26.6. The maximum absolute atomic E-state index is 16.1. The van der Waals surface area contributed by atoms with Gasteiger partial charge in [-0.05, 0) is 60.7 Å². The zero-order valence-electron chi connectivity index (χ0n) is 28.3. The number of rotatable bonds is 5. The van der Waals surface area contributed by atoms with Gasteiger partial charge in [-0.25, -0.2) is 28.7 Å². The second kappa shape index (κ2) is 12.3. The summed E-state index contributed by atoms with van der Waals surface area (Å²) >= 11 is 0. The Balaban J connectivity index is 1.33. The monoisotopic (exact) mass is 701 g/mol. The number of hydrogen-bond acceptors (Lipinski definition) is 5. The van der Waals surface area contributed by atoms with Crippen molar-refractivity contribution in [3.63, 3.8) is 0 Å². The lowest BCUT2D eigenvalue weighted by Crippen LogP contribution is -2.05. The van der Waals surface area contributed by atoms with Crippen LogP contribution in [0.2, 0.25) is 0 Å². The molecule has 0 bridgehead atoms. The number of nitriles is 1. The summed E-state index contributed by atoms with van der Waals surface area (Å²) in [5.41, 5.74) is 6.02. The first-order valence-corrected chi connectivity index (χ1v) is 17.2. The van der Waals surface area contributed by atoms with Gasteiger partial charge >= 0.3 is 0 Å². The lowest BCUT2D eigenvalue weighted by Gasteiger charge is -2.19. The van der Waals surface area contributed by atoms with Crippen LogP contribution in [-0.2, 0) is 0 Å². The van der Waals surface area contributed by atoms with Crippen LogP contribution >= 0.6 is 0 Å². The minimum absolute atomic E-state index is 0.203. The molecule has 4 heterocycles. The standard InChI is InChI=1S/C45H25F2N7/c46-35-10-5-11-36(47)43(35)34-25-39(53-37-12-3-1-8-30(37)32-16-14-27(22-40(32)53)44-49-18-6-19-50-44)29(26-48)24-42(34)54-38-13-4-2-9-31(38)33-17-15-28(23-41(33)54)45-51-20-7-21-52-45/h1-25H. The number of halogens is 2. The Morgan fingerprint density at radius 3 is 1.46 bits per heavy atom. The fraction of sp³-hybridized carbons (Fsp3) is 0. The fourth-order valence-corrected chi connectivity index (χ4v) is 7.63. The van der Waals surface area contributed by atoms with Gasteiger partial charge in [-0.2, -0.15) is 5.26 Å². The van der Waals surface area contributed by atoms with Gasteiger partial charge in [-0.1, -0.05) is 66.7 Å². The van der Waals surface area contributed by atoms with Gasteiger partial charge in [0.25, 0.3) is 0 Å². The third-order valence-corrected chi connectivity index (χ3v) is 9.94. The third kappa shape index (κ3) is 4.78. The van der Waals surface area contributed by atoms with E-state index in [4.69, 9.17) is 0 Å². The van der Waals surface area contributed by atoms with Crippen LogP contribution in [0, 0.1) is 23.0 Å². The summed E-state index contributed by atoms with van der Waals surface area (Å²) in [4.78, 5) is 17.9. The molecule has 7 nitrogen and oxygen atoms in total. The van der Waals surface area contributed by atoms with E-state index in [0.29, 0.717) is 28.6 Å². The quantitative estimate of drug-likeness (QED) is 0.178. The molecule has 0 saturated carbocycles. The fourth-order valence-electron chi connectivity index (χ4n) is 7.63. The predicted molar refractivity (Wildman–Crippen MR) is 207 cm³/mol. The van der Waals surface area contributed by atoms with Crippen molar-refractivity contribution in [2.45, 2.75) is 0 Å². The summed E-state index contributed by atoms with van der Waals surface area (Å²) in [5.74, 6) is -0.363. The molecule has 0 aliphatic carbocycles. The minimum atomic E-state index is -0.725. The van der Waals surface area contributed by atoms with Crippen LogP contribution in [0.1, 0.15) is 5.56 Å². The lowest BCUT2D eigenvalue weighted by atomic mass is 9.98. The number of benzene rings is 6. The highest BCUT2D eigenvalue weighted by Crippen LogP contribution is 2.42.